The smallest absolute Gasteiger partial charge is 0.453 e. The third kappa shape index (κ3) is 11.3. The molecule has 0 radical (unpaired) electrons. The maximum Gasteiger partial charge on any atom is 0.490 e. The molecule has 0 saturated carbocycles. The topological polar surface area (TPSA) is 446 Å². The van der Waals surface area contributed by atoms with Crippen LogP contribution in [0.4, 0.5) is 11.6 Å². The van der Waals surface area contributed by atoms with E-state index in [0.717, 1.165) is 25.3 Å². The summed E-state index contributed by atoms with van der Waals surface area (Å²) in [4.78, 5) is 91.3. The molecule has 69 heavy (non-hydrogen) atoms. The number of phosphoric ester groups is 2. The first kappa shape index (κ1) is 49.9. The molecular formula is C34H36N10O21P4. The van der Waals surface area contributed by atoms with Gasteiger partial charge in [-0.1, -0.05) is 36.4 Å². The molecule has 368 valence electrons. The standard InChI is InChI=1S/C34H36N10O21P4/c35-27-21-29(39-13-37-27)43(15-41-21)31-23(45)25(61-33(47)17-7-3-1-4-8-17)19(59-31)11-57-66(49,50)63-68(53,54)65-69(55,56)64-67(51,52)58-12-20-26(62-34(48)18-9-5-2-6-10-18)24(46)32(60-20)44-16-42-22-28(36)38-14-40-30(22)44/h1-10,13-16,19-20,23-26,31-32,45-46H,11-12H2,(H,49,50)(H,51,52)(H,53,54)(H,55,56)(H2,35,37,39)(H2,36,38,40)/t19-,20-,23-,24+,25-,26+,31-,32+/m1/s1. The normalized spacial score (nSPS) is 26.2. The Kier molecular flexibility index (Phi) is 14.2. The number of benzene rings is 2. The number of hydrogen-bond donors (Lipinski definition) is 8. The molecule has 10 N–H and O–H groups in total. The highest BCUT2D eigenvalue weighted by Crippen LogP contribution is 2.71. The molecule has 0 spiro atoms. The number of phosphoric acid groups is 4. The Hall–Kier alpha value is -5.52. The maximum atomic E-state index is 13.0. The Morgan fingerprint density at radius 3 is 1.30 bits per heavy atom. The van der Waals surface area contributed by atoms with Gasteiger partial charge in [-0.25, -0.2) is 57.8 Å². The number of imidazole rings is 2. The van der Waals surface area contributed by atoms with Crippen LogP contribution < -0.4 is 11.5 Å². The molecule has 8 rings (SSSR count). The largest absolute Gasteiger partial charge is 0.490 e. The zero-order valence-corrected chi connectivity index (χ0v) is 38.0. The van der Waals surface area contributed by atoms with Crippen molar-refractivity contribution in [3.05, 3.63) is 97.1 Å². The fourth-order valence-corrected chi connectivity index (χ4v) is 11.9. The van der Waals surface area contributed by atoms with E-state index < -0.39 is 106 Å². The lowest BCUT2D eigenvalue weighted by molar-refractivity contribution is -0.0521. The van der Waals surface area contributed by atoms with Crippen molar-refractivity contribution in [2.45, 2.75) is 49.1 Å². The second-order valence-electron chi connectivity index (χ2n) is 14.5. The highest BCUT2D eigenvalue weighted by atomic mass is 31.3. The number of aliphatic hydroxyl groups is 2. The molecule has 0 aliphatic carbocycles. The molecule has 2 aliphatic rings. The molecule has 35 heteroatoms. The van der Waals surface area contributed by atoms with Gasteiger partial charge in [0.2, 0.25) is 0 Å². The van der Waals surface area contributed by atoms with Crippen LogP contribution in [0.1, 0.15) is 33.2 Å². The molecule has 0 bridgehead atoms. The second kappa shape index (κ2) is 19.7. The number of anilines is 2. The maximum absolute atomic E-state index is 13.0. The minimum Gasteiger partial charge on any atom is -0.453 e. The van der Waals surface area contributed by atoms with Gasteiger partial charge in [0.25, 0.3) is 0 Å². The quantitative estimate of drug-likeness (QED) is 0.0444. The summed E-state index contributed by atoms with van der Waals surface area (Å²) in [6.07, 6.45) is -8.91. The molecule has 2 fully saturated rings. The molecule has 2 aromatic carbocycles. The van der Waals surface area contributed by atoms with Crippen molar-refractivity contribution >= 4 is 77.2 Å². The van der Waals surface area contributed by atoms with Crippen molar-refractivity contribution < 1.29 is 98.6 Å². The lowest BCUT2D eigenvalue weighted by atomic mass is 10.1. The van der Waals surface area contributed by atoms with Gasteiger partial charge in [-0.05, 0) is 24.3 Å². The van der Waals surface area contributed by atoms with Gasteiger partial charge < -0.3 is 60.2 Å². The van der Waals surface area contributed by atoms with E-state index in [4.69, 9.17) is 39.5 Å². The van der Waals surface area contributed by atoms with Gasteiger partial charge in [-0.2, -0.15) is 12.9 Å². The number of nitrogens with two attached hydrogens (primary N) is 2. The number of esters is 2. The van der Waals surface area contributed by atoms with Gasteiger partial charge in [-0.15, -0.1) is 0 Å². The van der Waals surface area contributed by atoms with Crippen LogP contribution in [-0.2, 0) is 59.2 Å². The van der Waals surface area contributed by atoms with Crippen LogP contribution in [0.3, 0.4) is 0 Å². The molecule has 2 saturated heterocycles. The SMILES string of the molecule is Nc1ncnc2c1ncn2[C@@H]1O[C@H](COP(=O)(O)OP(=O)(O)OP(=O)(O)OP(=O)(O)OC[C@H]2O[C@H](n3cnc4c(N)ncnc43)[C@@H](O)[C@H]2OC(=O)c2ccccc2)[C@@H](OC(=O)c2ccccc2)[C@H]1O. The molecule has 6 heterocycles. The molecular weight excluding hydrogens is 1010 g/mol. The number of ether oxygens (including phenoxy) is 4. The van der Waals surface area contributed by atoms with Gasteiger partial charge in [0.05, 0.1) is 37.0 Å². The Balaban J connectivity index is 0.917. The summed E-state index contributed by atoms with van der Waals surface area (Å²) in [5, 5.41) is 22.6. The van der Waals surface area contributed by atoms with Gasteiger partial charge in [0.15, 0.2) is 47.6 Å². The minimum absolute atomic E-state index is 0.0129. The molecule has 31 nitrogen and oxygen atoms in total. The van der Waals surface area contributed by atoms with Crippen molar-refractivity contribution in [3.63, 3.8) is 0 Å². The summed E-state index contributed by atoms with van der Waals surface area (Å²) in [5.41, 5.74) is 12.0. The number of carbonyl (C=O) groups is 2. The average molecular weight is 1040 g/mol. The van der Waals surface area contributed by atoms with E-state index in [1.807, 2.05) is 0 Å². The highest BCUT2D eigenvalue weighted by molar-refractivity contribution is 7.69. The third-order valence-corrected chi connectivity index (χ3v) is 15.8. The fraction of sp³-hybridized carbons (Fsp3) is 0.294. The van der Waals surface area contributed by atoms with E-state index in [-0.39, 0.29) is 45.1 Å². The summed E-state index contributed by atoms with van der Waals surface area (Å²) in [5.74, 6) is -2.09. The number of aromatic nitrogens is 8. The van der Waals surface area contributed by atoms with Crippen LogP contribution in [0.25, 0.3) is 22.3 Å². The van der Waals surface area contributed by atoms with E-state index in [2.05, 4.69) is 42.8 Å². The zero-order chi connectivity index (χ0) is 49.5. The highest BCUT2D eigenvalue weighted by Gasteiger charge is 2.52. The molecule has 4 unspecified atom stereocenters. The first-order chi connectivity index (χ1) is 32.6. The number of aliphatic hydroxyl groups excluding tert-OH is 2. The van der Waals surface area contributed by atoms with Crippen molar-refractivity contribution in [3.8, 4) is 0 Å². The van der Waals surface area contributed by atoms with E-state index in [1.54, 1.807) is 12.1 Å². The Labute approximate surface area is 384 Å². The van der Waals surface area contributed by atoms with Crippen LogP contribution in [0.2, 0.25) is 0 Å². The van der Waals surface area contributed by atoms with Gasteiger partial charge in [-0.3, -0.25) is 18.2 Å². The van der Waals surface area contributed by atoms with Crippen molar-refractivity contribution in [1.29, 1.82) is 0 Å². The number of hydrogen-bond acceptors (Lipinski definition) is 25. The number of nitrogen functional groups attached to an aromatic ring is 2. The number of rotatable bonds is 18. The van der Waals surface area contributed by atoms with Gasteiger partial charge in [0.1, 0.15) is 48.1 Å². The van der Waals surface area contributed by atoms with Gasteiger partial charge >= 0.3 is 43.2 Å². The number of carbonyl (C=O) groups excluding carboxylic acids is 2. The minimum atomic E-state index is -6.34. The van der Waals surface area contributed by atoms with Crippen LogP contribution in [0.5, 0.6) is 0 Å². The predicted molar refractivity (Wildman–Crippen MR) is 225 cm³/mol. The molecule has 0 amide bonds. The fourth-order valence-electron chi connectivity index (χ4n) is 6.91. The summed E-state index contributed by atoms with van der Waals surface area (Å²) >= 11 is 0. The van der Waals surface area contributed by atoms with Gasteiger partial charge in [0, 0.05) is 0 Å². The second-order valence-corrected chi connectivity index (χ2v) is 20.7. The predicted octanol–water partition coefficient (Wildman–Crippen LogP) is 1.28. The van der Waals surface area contributed by atoms with E-state index in [9.17, 15) is 57.6 Å². The summed E-state index contributed by atoms with van der Waals surface area (Å²) in [6, 6.07) is 14.7. The molecule has 12 atom stereocenters. The first-order valence-electron chi connectivity index (χ1n) is 19.4. The van der Waals surface area contributed by atoms with E-state index in [0.29, 0.717) is 0 Å². The lowest BCUT2D eigenvalue weighted by Gasteiger charge is -2.23. The molecule has 6 aromatic rings. The van der Waals surface area contributed by atoms with Crippen LogP contribution in [0, 0.1) is 0 Å². The number of fused-ring (bicyclic) bond motifs is 2. The van der Waals surface area contributed by atoms with Crippen molar-refractivity contribution in [2.75, 3.05) is 24.7 Å². The van der Waals surface area contributed by atoms with Crippen LogP contribution in [-0.4, -0.2) is 131 Å². The summed E-state index contributed by atoms with van der Waals surface area (Å²) in [6.45, 7) is -2.35. The van der Waals surface area contributed by atoms with Crippen molar-refractivity contribution in [2.24, 2.45) is 0 Å². The molecule has 2 aliphatic heterocycles. The number of nitrogens with zero attached hydrogens (tertiary/aromatic N) is 8. The first-order valence-corrected chi connectivity index (χ1v) is 25.4. The summed E-state index contributed by atoms with van der Waals surface area (Å²) < 4.78 is 98.3. The monoisotopic (exact) mass is 1040 g/mol. The van der Waals surface area contributed by atoms with E-state index >= 15 is 0 Å². The zero-order valence-electron chi connectivity index (χ0n) is 34.4. The Morgan fingerprint density at radius 1 is 0.565 bits per heavy atom. The Bertz CT molecular complexity index is 2860. The van der Waals surface area contributed by atoms with Crippen LogP contribution >= 0.6 is 31.3 Å². The van der Waals surface area contributed by atoms with Crippen molar-refractivity contribution in [1.82, 2.24) is 39.0 Å². The Morgan fingerprint density at radius 2 is 0.928 bits per heavy atom. The lowest BCUT2D eigenvalue weighted by Crippen LogP contribution is -2.38. The van der Waals surface area contributed by atoms with Crippen LogP contribution in [0.15, 0.2) is 86.0 Å². The molecule has 4 aromatic heterocycles. The summed E-state index contributed by atoms with van der Waals surface area (Å²) in [7, 11) is -24.6. The third-order valence-electron chi connectivity index (χ3n) is 9.87. The van der Waals surface area contributed by atoms with E-state index in [1.165, 1.54) is 57.7 Å². The average Bonchev–Trinajstić information content (AvgIpc) is 4.06.